The van der Waals surface area contributed by atoms with Gasteiger partial charge in [-0.25, -0.2) is 4.39 Å². The summed E-state index contributed by atoms with van der Waals surface area (Å²) in [6.07, 6.45) is 2.25. The molecule has 2 atom stereocenters. The molecule has 0 saturated heterocycles. The average Bonchev–Trinajstić information content (AvgIpc) is 2.34. The molecule has 1 aliphatic carbocycles. The Kier molecular flexibility index (Phi) is 3.13. The van der Waals surface area contributed by atoms with E-state index >= 15 is 0 Å². The Morgan fingerprint density at radius 3 is 2.71 bits per heavy atom. The Labute approximate surface area is 103 Å². The lowest BCUT2D eigenvalue weighted by Gasteiger charge is -2.24. The highest BCUT2D eigenvalue weighted by molar-refractivity contribution is 6.32. The van der Waals surface area contributed by atoms with E-state index in [4.69, 9.17) is 11.6 Å². The fraction of sp³-hybridized carbons (Fsp3) is 0.154. The van der Waals surface area contributed by atoms with Crippen LogP contribution in [0.4, 0.5) is 4.39 Å². The van der Waals surface area contributed by atoms with Crippen LogP contribution in [0.5, 0.6) is 0 Å². The first kappa shape index (κ1) is 12.0. The first-order chi connectivity index (χ1) is 8.07. The molecule has 1 N–H and O–H groups in total. The minimum absolute atomic E-state index is 0.189. The van der Waals surface area contributed by atoms with Gasteiger partial charge in [0.1, 0.15) is 0 Å². The third-order valence-corrected chi connectivity index (χ3v) is 3.00. The number of carbonyl (C=O) groups excluding carboxylic acids is 1. The van der Waals surface area contributed by atoms with Gasteiger partial charge in [-0.3, -0.25) is 4.79 Å². The molecule has 0 amide bonds. The van der Waals surface area contributed by atoms with Crippen LogP contribution in [-0.2, 0) is 4.79 Å². The molecule has 88 valence electrons. The molecule has 0 aromatic heterocycles. The molecule has 2 rings (SSSR count). The van der Waals surface area contributed by atoms with E-state index in [9.17, 15) is 14.3 Å². The summed E-state index contributed by atoms with van der Waals surface area (Å²) >= 11 is 5.98. The van der Waals surface area contributed by atoms with Crippen LogP contribution >= 0.6 is 11.6 Å². The highest BCUT2D eigenvalue weighted by Crippen LogP contribution is 2.31. The fourth-order valence-electron chi connectivity index (χ4n) is 1.64. The van der Waals surface area contributed by atoms with Gasteiger partial charge in [-0.1, -0.05) is 35.9 Å². The normalized spacial score (nSPS) is 27.7. The van der Waals surface area contributed by atoms with Crippen molar-refractivity contribution in [1.29, 1.82) is 0 Å². The number of benzene rings is 1. The summed E-state index contributed by atoms with van der Waals surface area (Å²) in [5.41, 5.74) is -0.847. The fourth-order valence-corrected chi connectivity index (χ4v) is 1.89. The number of aldehydes is 1. The van der Waals surface area contributed by atoms with Crippen molar-refractivity contribution in [2.75, 3.05) is 0 Å². The van der Waals surface area contributed by atoms with Crippen LogP contribution in [0.25, 0.3) is 5.57 Å². The maximum absolute atomic E-state index is 13.6. The topological polar surface area (TPSA) is 37.3 Å². The lowest BCUT2D eigenvalue weighted by atomic mass is 9.89. The zero-order chi connectivity index (χ0) is 12.5. The first-order valence-electron chi connectivity index (χ1n) is 5.05. The van der Waals surface area contributed by atoms with Gasteiger partial charge in [-0.2, -0.15) is 0 Å². The number of alkyl halides is 1. The van der Waals surface area contributed by atoms with Crippen molar-refractivity contribution in [2.45, 2.75) is 11.8 Å². The number of aliphatic hydroxyl groups is 1. The van der Waals surface area contributed by atoms with E-state index in [0.29, 0.717) is 16.2 Å². The van der Waals surface area contributed by atoms with Crippen molar-refractivity contribution in [3.63, 3.8) is 0 Å². The summed E-state index contributed by atoms with van der Waals surface area (Å²) in [6.45, 7) is 0. The molecule has 0 fully saturated rings. The standard InChI is InChI=1S/C13H10ClFO2/c14-11-4-2-1-3-10(11)9-5-6-13(17,8-16)12(15)7-9/h1-8,12,17H. The summed E-state index contributed by atoms with van der Waals surface area (Å²) in [6, 6.07) is 6.99. The third kappa shape index (κ3) is 2.16. The predicted molar refractivity (Wildman–Crippen MR) is 64.5 cm³/mol. The van der Waals surface area contributed by atoms with Crippen LogP contribution in [0, 0.1) is 0 Å². The Balaban J connectivity index is 2.39. The molecule has 1 aromatic rings. The van der Waals surface area contributed by atoms with E-state index in [1.165, 1.54) is 12.2 Å². The zero-order valence-electron chi connectivity index (χ0n) is 8.81. The van der Waals surface area contributed by atoms with Gasteiger partial charge in [0.15, 0.2) is 18.1 Å². The van der Waals surface area contributed by atoms with Crippen LogP contribution in [-0.4, -0.2) is 23.2 Å². The Bertz CT molecular complexity index is 510. The van der Waals surface area contributed by atoms with Gasteiger partial charge in [0.05, 0.1) is 0 Å². The first-order valence-corrected chi connectivity index (χ1v) is 5.43. The second-order valence-corrected chi connectivity index (χ2v) is 4.25. The maximum atomic E-state index is 13.6. The molecule has 0 bridgehead atoms. The second kappa shape index (κ2) is 4.43. The van der Waals surface area contributed by atoms with Gasteiger partial charge in [-0.05, 0) is 23.8 Å². The quantitative estimate of drug-likeness (QED) is 0.822. The van der Waals surface area contributed by atoms with E-state index in [1.807, 2.05) is 0 Å². The third-order valence-electron chi connectivity index (χ3n) is 2.67. The van der Waals surface area contributed by atoms with Crippen LogP contribution < -0.4 is 0 Å². The Morgan fingerprint density at radius 1 is 1.41 bits per heavy atom. The molecular weight excluding hydrogens is 243 g/mol. The van der Waals surface area contributed by atoms with Crippen molar-refractivity contribution in [3.05, 3.63) is 53.1 Å². The molecule has 1 aliphatic rings. The lowest BCUT2D eigenvalue weighted by molar-refractivity contribution is -0.123. The monoisotopic (exact) mass is 252 g/mol. The maximum Gasteiger partial charge on any atom is 0.173 e. The van der Waals surface area contributed by atoms with Gasteiger partial charge < -0.3 is 5.11 Å². The van der Waals surface area contributed by atoms with E-state index in [0.717, 1.165) is 6.08 Å². The van der Waals surface area contributed by atoms with Crippen LogP contribution in [0.3, 0.4) is 0 Å². The van der Waals surface area contributed by atoms with E-state index in [-0.39, 0.29) is 6.29 Å². The largest absolute Gasteiger partial charge is 0.375 e. The summed E-state index contributed by atoms with van der Waals surface area (Å²) in [7, 11) is 0. The zero-order valence-corrected chi connectivity index (χ0v) is 9.56. The van der Waals surface area contributed by atoms with Gasteiger partial charge in [0, 0.05) is 10.6 Å². The molecule has 0 aliphatic heterocycles. The Morgan fingerprint density at radius 2 is 2.12 bits per heavy atom. The second-order valence-electron chi connectivity index (χ2n) is 3.84. The molecular formula is C13H10ClFO2. The molecule has 0 saturated carbocycles. The highest BCUT2D eigenvalue weighted by atomic mass is 35.5. The summed E-state index contributed by atoms with van der Waals surface area (Å²) in [5, 5.41) is 10.1. The van der Waals surface area contributed by atoms with Crippen molar-refractivity contribution >= 4 is 23.5 Å². The molecule has 0 radical (unpaired) electrons. The van der Waals surface area contributed by atoms with E-state index in [1.54, 1.807) is 24.3 Å². The van der Waals surface area contributed by atoms with Gasteiger partial charge in [-0.15, -0.1) is 0 Å². The number of hydrogen-bond acceptors (Lipinski definition) is 2. The summed E-state index contributed by atoms with van der Waals surface area (Å²) in [5.74, 6) is 0. The number of carbonyl (C=O) groups is 1. The van der Waals surface area contributed by atoms with Crippen molar-refractivity contribution in [3.8, 4) is 0 Å². The number of hydrogen-bond donors (Lipinski definition) is 1. The molecule has 0 heterocycles. The minimum atomic E-state index is -2.06. The SMILES string of the molecule is O=CC1(O)C=CC(c2ccccc2Cl)=CC1F. The smallest absolute Gasteiger partial charge is 0.173 e. The van der Waals surface area contributed by atoms with Crippen LogP contribution in [0.2, 0.25) is 5.02 Å². The summed E-state index contributed by atoms with van der Waals surface area (Å²) < 4.78 is 13.6. The lowest BCUT2D eigenvalue weighted by Crippen LogP contribution is -2.39. The molecule has 0 spiro atoms. The van der Waals surface area contributed by atoms with E-state index in [2.05, 4.69) is 0 Å². The molecule has 17 heavy (non-hydrogen) atoms. The summed E-state index contributed by atoms with van der Waals surface area (Å²) in [4.78, 5) is 10.6. The van der Waals surface area contributed by atoms with Crippen molar-refractivity contribution < 1.29 is 14.3 Å². The van der Waals surface area contributed by atoms with Gasteiger partial charge in [0.25, 0.3) is 0 Å². The number of allylic oxidation sites excluding steroid dienone is 2. The molecule has 4 heteroatoms. The molecule has 2 unspecified atom stereocenters. The van der Waals surface area contributed by atoms with Crippen molar-refractivity contribution in [1.82, 2.24) is 0 Å². The van der Waals surface area contributed by atoms with Gasteiger partial charge in [0.2, 0.25) is 0 Å². The average molecular weight is 253 g/mol. The van der Waals surface area contributed by atoms with Crippen LogP contribution in [0.15, 0.2) is 42.5 Å². The van der Waals surface area contributed by atoms with Crippen molar-refractivity contribution in [2.24, 2.45) is 0 Å². The predicted octanol–water partition coefficient (Wildman–Crippen LogP) is 2.56. The number of rotatable bonds is 2. The van der Waals surface area contributed by atoms with Crippen LogP contribution in [0.1, 0.15) is 5.56 Å². The number of halogens is 2. The minimum Gasteiger partial charge on any atom is -0.375 e. The molecule has 1 aromatic carbocycles. The molecule has 2 nitrogen and oxygen atoms in total. The highest BCUT2D eigenvalue weighted by Gasteiger charge is 2.35. The van der Waals surface area contributed by atoms with E-state index < -0.39 is 11.8 Å². The Hall–Kier alpha value is -1.45. The van der Waals surface area contributed by atoms with Gasteiger partial charge >= 0.3 is 0 Å².